The number of hydrogen-bond acceptors (Lipinski definition) is 3. The van der Waals surface area contributed by atoms with Crippen molar-refractivity contribution >= 4 is 5.91 Å². The Kier molecular flexibility index (Phi) is 5.38. The summed E-state index contributed by atoms with van der Waals surface area (Å²) >= 11 is 0. The van der Waals surface area contributed by atoms with E-state index in [0.717, 1.165) is 0 Å². The molecule has 1 aromatic carbocycles. The van der Waals surface area contributed by atoms with Crippen LogP contribution in [0.25, 0.3) is 0 Å². The van der Waals surface area contributed by atoms with Crippen LogP contribution < -0.4 is 4.74 Å². The highest BCUT2D eigenvalue weighted by Crippen LogP contribution is 2.23. The summed E-state index contributed by atoms with van der Waals surface area (Å²) in [6.45, 7) is 1.77. The Labute approximate surface area is 115 Å². The van der Waals surface area contributed by atoms with Gasteiger partial charge in [0.25, 0.3) is 5.91 Å². The lowest BCUT2D eigenvalue weighted by atomic mass is 10.2. The monoisotopic (exact) mass is 291 g/mol. The highest BCUT2D eigenvalue weighted by atomic mass is 19.4. The molecule has 0 N–H and O–H groups in total. The minimum atomic E-state index is -4.73. The average molecular weight is 291 g/mol. The maximum Gasteiger partial charge on any atom is 0.573 e. The number of rotatable bonds is 5. The van der Waals surface area contributed by atoms with Crippen LogP contribution in [0.15, 0.2) is 24.3 Å². The summed E-state index contributed by atoms with van der Waals surface area (Å²) in [5, 5.41) is 0. The van der Waals surface area contributed by atoms with Gasteiger partial charge in [0, 0.05) is 20.7 Å². The molecule has 0 aliphatic heterocycles. The quantitative estimate of drug-likeness (QED) is 0.837. The number of carbonyl (C=O) groups is 1. The summed E-state index contributed by atoms with van der Waals surface area (Å²) in [6.07, 6.45) is -5.33. The molecule has 0 spiro atoms. The molecule has 0 unspecified atom stereocenters. The molecule has 0 aliphatic carbocycles. The first-order valence-electron chi connectivity index (χ1n) is 5.85. The van der Waals surface area contributed by atoms with Crippen molar-refractivity contribution in [3.8, 4) is 5.75 Å². The topological polar surface area (TPSA) is 38.8 Å². The van der Waals surface area contributed by atoms with Crippen LogP contribution in [0.1, 0.15) is 12.5 Å². The summed E-state index contributed by atoms with van der Waals surface area (Å²) in [5.74, 6) is -0.565. The number of amides is 1. The lowest BCUT2D eigenvalue weighted by molar-refractivity contribution is -0.274. The summed E-state index contributed by atoms with van der Waals surface area (Å²) in [7, 11) is 2.96. The Hall–Kier alpha value is -1.76. The molecule has 1 atom stereocenters. The van der Waals surface area contributed by atoms with Gasteiger partial charge in [0.05, 0.1) is 0 Å². The smallest absolute Gasteiger partial charge is 0.406 e. The van der Waals surface area contributed by atoms with Crippen LogP contribution in [-0.4, -0.2) is 37.4 Å². The molecule has 0 fully saturated rings. The minimum Gasteiger partial charge on any atom is -0.406 e. The van der Waals surface area contributed by atoms with Gasteiger partial charge in [-0.1, -0.05) is 12.1 Å². The van der Waals surface area contributed by atoms with Crippen LogP contribution in [0.3, 0.4) is 0 Å². The summed E-state index contributed by atoms with van der Waals surface area (Å²) < 4.78 is 45.1. The van der Waals surface area contributed by atoms with Crippen molar-refractivity contribution in [1.82, 2.24) is 4.90 Å². The van der Waals surface area contributed by atoms with E-state index in [1.807, 2.05) is 0 Å². The molecule has 4 nitrogen and oxygen atoms in total. The molecule has 20 heavy (non-hydrogen) atoms. The predicted molar refractivity (Wildman–Crippen MR) is 66.1 cm³/mol. The fourth-order valence-corrected chi connectivity index (χ4v) is 1.60. The van der Waals surface area contributed by atoms with Crippen LogP contribution in [0.5, 0.6) is 5.75 Å². The fraction of sp³-hybridized carbons (Fsp3) is 0.462. The molecule has 0 radical (unpaired) electrons. The van der Waals surface area contributed by atoms with Gasteiger partial charge in [-0.3, -0.25) is 4.79 Å². The van der Waals surface area contributed by atoms with E-state index in [1.54, 1.807) is 20.0 Å². The molecule has 112 valence electrons. The highest BCUT2D eigenvalue weighted by Gasteiger charge is 2.31. The standard InChI is InChI=1S/C13H16F3NO3/c1-9(19-3)12(18)17(2)8-10-5-4-6-11(7-10)20-13(14,15)16/h4-7,9H,8H2,1-3H3/t9-/m0/s1. The number of methoxy groups -OCH3 is 1. The predicted octanol–water partition coefficient (Wildman–Crippen LogP) is 2.58. The fourth-order valence-electron chi connectivity index (χ4n) is 1.60. The van der Waals surface area contributed by atoms with Crippen molar-refractivity contribution in [1.29, 1.82) is 0 Å². The molecule has 0 heterocycles. The molecular weight excluding hydrogens is 275 g/mol. The Bertz CT molecular complexity index is 462. The van der Waals surface area contributed by atoms with E-state index < -0.39 is 12.5 Å². The zero-order valence-electron chi connectivity index (χ0n) is 11.4. The van der Waals surface area contributed by atoms with Gasteiger partial charge >= 0.3 is 6.36 Å². The van der Waals surface area contributed by atoms with E-state index in [-0.39, 0.29) is 18.2 Å². The number of hydrogen-bond donors (Lipinski definition) is 0. The van der Waals surface area contributed by atoms with Crippen molar-refractivity contribution in [2.45, 2.75) is 25.9 Å². The zero-order chi connectivity index (χ0) is 15.3. The SMILES string of the molecule is CO[C@@H](C)C(=O)N(C)Cc1cccc(OC(F)(F)F)c1. The van der Waals surface area contributed by atoms with Crippen molar-refractivity contribution in [3.63, 3.8) is 0 Å². The van der Waals surface area contributed by atoms with Crippen LogP contribution in [0.4, 0.5) is 13.2 Å². The van der Waals surface area contributed by atoms with Gasteiger partial charge in [-0.15, -0.1) is 13.2 Å². The van der Waals surface area contributed by atoms with Crippen molar-refractivity contribution in [2.75, 3.05) is 14.2 Å². The first kappa shape index (κ1) is 16.3. The number of benzene rings is 1. The van der Waals surface area contributed by atoms with Gasteiger partial charge in [-0.25, -0.2) is 0 Å². The van der Waals surface area contributed by atoms with Gasteiger partial charge in [-0.2, -0.15) is 0 Å². The third-order valence-electron chi connectivity index (χ3n) is 2.63. The molecule has 1 rings (SSSR count). The number of nitrogens with zero attached hydrogens (tertiary/aromatic N) is 1. The molecule has 0 aromatic heterocycles. The summed E-state index contributed by atoms with van der Waals surface area (Å²) in [5.41, 5.74) is 0.533. The van der Waals surface area contributed by atoms with Gasteiger partial charge < -0.3 is 14.4 Å². The molecule has 1 aromatic rings. The number of alkyl halides is 3. The van der Waals surface area contributed by atoms with E-state index in [9.17, 15) is 18.0 Å². The second kappa shape index (κ2) is 6.60. The highest BCUT2D eigenvalue weighted by molar-refractivity contribution is 5.80. The number of halogens is 3. The van der Waals surface area contributed by atoms with Crippen LogP contribution >= 0.6 is 0 Å². The molecule has 7 heteroatoms. The van der Waals surface area contributed by atoms with E-state index in [2.05, 4.69) is 4.74 Å². The molecule has 0 bridgehead atoms. The molecule has 0 aliphatic rings. The second-order valence-corrected chi connectivity index (χ2v) is 4.27. The minimum absolute atomic E-state index is 0.168. The van der Waals surface area contributed by atoms with Gasteiger partial charge in [-0.05, 0) is 24.6 Å². The molecule has 1 amide bonds. The van der Waals surface area contributed by atoms with Crippen molar-refractivity contribution in [3.05, 3.63) is 29.8 Å². The molecule has 0 saturated heterocycles. The third kappa shape index (κ3) is 5.08. The summed E-state index contributed by atoms with van der Waals surface area (Å²) in [4.78, 5) is 13.2. The van der Waals surface area contributed by atoms with E-state index in [1.165, 1.54) is 30.2 Å². The van der Waals surface area contributed by atoms with E-state index >= 15 is 0 Å². The molecular formula is C13H16F3NO3. The van der Waals surface area contributed by atoms with Gasteiger partial charge in [0.2, 0.25) is 0 Å². The Morgan fingerprint density at radius 3 is 2.60 bits per heavy atom. The largest absolute Gasteiger partial charge is 0.573 e. The van der Waals surface area contributed by atoms with E-state index in [4.69, 9.17) is 4.74 Å². The van der Waals surface area contributed by atoms with E-state index in [0.29, 0.717) is 5.56 Å². The number of ether oxygens (including phenoxy) is 2. The van der Waals surface area contributed by atoms with Crippen molar-refractivity contribution in [2.24, 2.45) is 0 Å². The third-order valence-corrected chi connectivity index (χ3v) is 2.63. The second-order valence-electron chi connectivity index (χ2n) is 4.27. The molecule has 0 saturated carbocycles. The lowest BCUT2D eigenvalue weighted by Crippen LogP contribution is -2.35. The van der Waals surface area contributed by atoms with Crippen molar-refractivity contribution < 1.29 is 27.4 Å². The maximum atomic E-state index is 12.1. The van der Waals surface area contributed by atoms with Gasteiger partial charge in [0.1, 0.15) is 11.9 Å². The van der Waals surface area contributed by atoms with Gasteiger partial charge in [0.15, 0.2) is 0 Å². The first-order chi connectivity index (χ1) is 9.23. The lowest BCUT2D eigenvalue weighted by Gasteiger charge is -2.21. The van der Waals surface area contributed by atoms with Crippen LogP contribution in [0.2, 0.25) is 0 Å². The number of likely N-dealkylation sites (N-methyl/N-ethyl adjacent to an activating group) is 1. The Morgan fingerprint density at radius 1 is 1.40 bits per heavy atom. The Morgan fingerprint density at radius 2 is 2.05 bits per heavy atom. The van der Waals surface area contributed by atoms with Crippen LogP contribution in [-0.2, 0) is 16.1 Å². The maximum absolute atomic E-state index is 12.1. The number of carbonyl (C=O) groups excluding carboxylic acids is 1. The average Bonchev–Trinajstić information content (AvgIpc) is 2.35. The first-order valence-corrected chi connectivity index (χ1v) is 5.85. The zero-order valence-corrected chi connectivity index (χ0v) is 11.4. The van der Waals surface area contributed by atoms with Crippen LogP contribution in [0, 0.1) is 0 Å². The normalized spacial score (nSPS) is 12.9. The summed E-state index contributed by atoms with van der Waals surface area (Å²) in [6, 6.07) is 5.50. The Balaban J connectivity index is 2.73.